The van der Waals surface area contributed by atoms with Gasteiger partial charge in [-0.05, 0) is 57.3 Å². The summed E-state index contributed by atoms with van der Waals surface area (Å²) >= 11 is 0. The molecule has 0 bridgehead atoms. The fourth-order valence-corrected chi connectivity index (χ4v) is 3.52. The van der Waals surface area contributed by atoms with Crippen LogP contribution in [0.25, 0.3) is 0 Å². The van der Waals surface area contributed by atoms with Crippen molar-refractivity contribution in [1.29, 1.82) is 0 Å². The third-order valence-electron chi connectivity index (χ3n) is 4.53. The highest BCUT2D eigenvalue weighted by atomic mass is 16.4. The second kappa shape index (κ2) is 4.67. The van der Waals surface area contributed by atoms with Gasteiger partial charge in [0.15, 0.2) is 0 Å². The molecule has 2 nitrogen and oxygen atoms in total. The minimum atomic E-state index is -0.781. The second-order valence-electron chi connectivity index (χ2n) is 5.70. The first kappa shape index (κ1) is 12.4. The van der Waals surface area contributed by atoms with Crippen molar-refractivity contribution in [3.63, 3.8) is 0 Å². The Labute approximate surface area is 103 Å². The van der Waals surface area contributed by atoms with Crippen LogP contribution in [0.15, 0.2) is 22.8 Å². The summed E-state index contributed by atoms with van der Waals surface area (Å²) in [6, 6.07) is 0. The molecule has 94 valence electrons. The maximum atomic E-state index is 10.9. The van der Waals surface area contributed by atoms with Crippen LogP contribution in [0.1, 0.15) is 46.5 Å². The number of hydrogen-bond donors (Lipinski definition) is 1. The molecule has 0 saturated heterocycles. The minimum Gasteiger partial charge on any atom is -0.478 e. The molecule has 0 heterocycles. The molecule has 2 aliphatic rings. The third-order valence-corrected chi connectivity index (χ3v) is 4.53. The first-order valence-electron chi connectivity index (χ1n) is 6.62. The normalized spacial score (nSPS) is 33.8. The number of rotatable bonds is 2. The molecule has 2 aliphatic carbocycles. The molecule has 0 aromatic heterocycles. The first-order chi connectivity index (χ1) is 8.00. The molecule has 0 unspecified atom stereocenters. The van der Waals surface area contributed by atoms with Gasteiger partial charge in [0.2, 0.25) is 0 Å². The van der Waals surface area contributed by atoms with E-state index in [2.05, 4.69) is 13.8 Å². The third kappa shape index (κ3) is 2.31. The van der Waals surface area contributed by atoms with E-state index in [9.17, 15) is 4.79 Å². The predicted octanol–water partition coefficient (Wildman–Crippen LogP) is 3.79. The smallest absolute Gasteiger partial charge is 0.330 e. The molecule has 1 saturated carbocycles. The Bertz CT molecular complexity index is 390. The van der Waals surface area contributed by atoms with Gasteiger partial charge in [0.1, 0.15) is 0 Å². The van der Waals surface area contributed by atoms with Gasteiger partial charge in [0, 0.05) is 5.57 Å². The van der Waals surface area contributed by atoms with Crippen molar-refractivity contribution >= 4 is 5.97 Å². The number of carboxylic acids is 1. The topological polar surface area (TPSA) is 37.3 Å². The molecule has 0 aromatic rings. The van der Waals surface area contributed by atoms with E-state index in [1.165, 1.54) is 24.8 Å². The van der Waals surface area contributed by atoms with E-state index in [-0.39, 0.29) is 0 Å². The van der Waals surface area contributed by atoms with E-state index in [1.807, 2.05) is 6.08 Å². The lowest BCUT2D eigenvalue weighted by molar-refractivity contribution is -0.132. The Hall–Kier alpha value is -1.05. The van der Waals surface area contributed by atoms with E-state index >= 15 is 0 Å². The lowest BCUT2D eigenvalue weighted by Gasteiger charge is -2.34. The summed E-state index contributed by atoms with van der Waals surface area (Å²) in [5.74, 6) is 1.09. The van der Waals surface area contributed by atoms with Gasteiger partial charge in [0.05, 0.1) is 0 Å². The molecule has 0 aliphatic heterocycles. The Morgan fingerprint density at radius 2 is 2.06 bits per heavy atom. The molecule has 0 aromatic carbocycles. The molecular weight excluding hydrogens is 212 g/mol. The zero-order chi connectivity index (χ0) is 12.6. The van der Waals surface area contributed by atoms with Gasteiger partial charge in [-0.1, -0.05) is 24.1 Å². The fourth-order valence-electron chi connectivity index (χ4n) is 3.52. The van der Waals surface area contributed by atoms with Gasteiger partial charge in [-0.15, -0.1) is 0 Å². The fraction of sp³-hybridized carbons (Fsp3) is 0.667. The van der Waals surface area contributed by atoms with Crippen LogP contribution in [0, 0.1) is 17.8 Å². The number of carboxylic acid groups (broad SMARTS) is 1. The van der Waals surface area contributed by atoms with Crippen molar-refractivity contribution in [2.75, 3.05) is 0 Å². The average Bonchev–Trinajstić information content (AvgIpc) is 2.66. The Morgan fingerprint density at radius 3 is 2.71 bits per heavy atom. The predicted molar refractivity (Wildman–Crippen MR) is 68.7 cm³/mol. The molecule has 0 amide bonds. The monoisotopic (exact) mass is 234 g/mol. The van der Waals surface area contributed by atoms with Crippen LogP contribution in [0.5, 0.6) is 0 Å². The van der Waals surface area contributed by atoms with Gasteiger partial charge in [0.25, 0.3) is 0 Å². The summed E-state index contributed by atoms with van der Waals surface area (Å²) in [5.41, 5.74) is 3.57. The largest absolute Gasteiger partial charge is 0.478 e. The first-order valence-corrected chi connectivity index (χ1v) is 6.62. The number of aliphatic carboxylic acids is 1. The average molecular weight is 234 g/mol. The van der Waals surface area contributed by atoms with Crippen molar-refractivity contribution in [2.24, 2.45) is 17.8 Å². The molecular formula is C15H22O2. The van der Waals surface area contributed by atoms with Gasteiger partial charge in [-0.25, -0.2) is 4.79 Å². The van der Waals surface area contributed by atoms with Gasteiger partial charge in [-0.3, -0.25) is 0 Å². The number of carbonyl (C=O) groups is 1. The molecule has 2 heteroatoms. The van der Waals surface area contributed by atoms with Crippen molar-refractivity contribution in [1.82, 2.24) is 0 Å². The van der Waals surface area contributed by atoms with Crippen molar-refractivity contribution in [2.45, 2.75) is 46.5 Å². The summed E-state index contributed by atoms with van der Waals surface area (Å²) < 4.78 is 0. The summed E-state index contributed by atoms with van der Waals surface area (Å²) in [6.07, 6.45) is 6.81. The summed E-state index contributed by atoms with van der Waals surface area (Å²) in [4.78, 5) is 10.9. The maximum absolute atomic E-state index is 10.9. The van der Waals surface area contributed by atoms with Crippen molar-refractivity contribution in [3.05, 3.63) is 22.8 Å². The maximum Gasteiger partial charge on any atom is 0.330 e. The van der Waals surface area contributed by atoms with Crippen LogP contribution < -0.4 is 0 Å². The zero-order valence-corrected chi connectivity index (χ0v) is 11.0. The second-order valence-corrected chi connectivity index (χ2v) is 5.70. The molecule has 1 fully saturated rings. The van der Waals surface area contributed by atoms with E-state index in [1.54, 1.807) is 12.5 Å². The molecule has 0 spiro atoms. The van der Waals surface area contributed by atoms with Gasteiger partial charge >= 0.3 is 5.97 Å². The Morgan fingerprint density at radius 1 is 1.35 bits per heavy atom. The Balaban J connectivity index is 2.27. The number of fused-ring (bicyclic) bond motifs is 1. The highest BCUT2D eigenvalue weighted by Crippen LogP contribution is 2.48. The van der Waals surface area contributed by atoms with E-state index < -0.39 is 5.97 Å². The lowest BCUT2D eigenvalue weighted by atomic mass is 9.71. The van der Waals surface area contributed by atoms with Gasteiger partial charge < -0.3 is 5.11 Å². The van der Waals surface area contributed by atoms with Crippen LogP contribution in [-0.2, 0) is 4.79 Å². The molecule has 2 rings (SSSR count). The minimum absolute atomic E-state index is 0.384. The SMILES string of the molecule is CC1=C2[C@H](/C=C(/C)C(=O)O)CC[C@@H](C)[C@H]2CC1. The van der Waals surface area contributed by atoms with Crippen LogP contribution in [0.3, 0.4) is 0 Å². The van der Waals surface area contributed by atoms with Crippen molar-refractivity contribution < 1.29 is 9.90 Å². The quantitative estimate of drug-likeness (QED) is 0.583. The van der Waals surface area contributed by atoms with Crippen LogP contribution >= 0.6 is 0 Å². The van der Waals surface area contributed by atoms with Crippen LogP contribution in [0.4, 0.5) is 0 Å². The van der Waals surface area contributed by atoms with E-state index in [4.69, 9.17) is 5.11 Å². The van der Waals surface area contributed by atoms with Crippen molar-refractivity contribution in [3.8, 4) is 0 Å². The summed E-state index contributed by atoms with van der Waals surface area (Å²) in [5, 5.41) is 8.99. The molecule has 3 atom stereocenters. The summed E-state index contributed by atoms with van der Waals surface area (Å²) in [6.45, 7) is 6.28. The lowest BCUT2D eigenvalue weighted by Crippen LogP contribution is -2.23. The zero-order valence-electron chi connectivity index (χ0n) is 11.0. The van der Waals surface area contributed by atoms with E-state index in [0.717, 1.165) is 12.3 Å². The van der Waals surface area contributed by atoms with Gasteiger partial charge in [-0.2, -0.15) is 0 Å². The van der Waals surface area contributed by atoms with Crippen LogP contribution in [0.2, 0.25) is 0 Å². The number of hydrogen-bond acceptors (Lipinski definition) is 1. The highest BCUT2D eigenvalue weighted by molar-refractivity contribution is 5.85. The van der Waals surface area contributed by atoms with Crippen LogP contribution in [-0.4, -0.2) is 11.1 Å². The standard InChI is InChI=1S/C15H22O2/c1-9-4-6-12(8-11(3)15(16)17)14-10(2)5-7-13(9)14/h8-9,12-13H,4-7H2,1-3H3,(H,16,17)/b11-8-/t9-,12+,13-/m1/s1. The molecule has 17 heavy (non-hydrogen) atoms. The molecule has 0 radical (unpaired) electrons. The number of allylic oxidation sites excluding steroid dienone is 3. The highest BCUT2D eigenvalue weighted by Gasteiger charge is 2.35. The van der Waals surface area contributed by atoms with E-state index in [0.29, 0.717) is 17.4 Å². The Kier molecular flexibility index (Phi) is 3.41. The summed E-state index contributed by atoms with van der Waals surface area (Å²) in [7, 11) is 0. The molecule has 1 N–H and O–H groups in total.